The summed E-state index contributed by atoms with van der Waals surface area (Å²) in [4.78, 5) is 25.6. The summed E-state index contributed by atoms with van der Waals surface area (Å²) in [6.45, 7) is 1.68. The number of Topliss-reactive ketones (excluding diaryl/α,β-unsaturated/α-hetero) is 1. The summed E-state index contributed by atoms with van der Waals surface area (Å²) in [6, 6.07) is 3.67. The van der Waals surface area contributed by atoms with Crippen molar-refractivity contribution in [2.75, 3.05) is 20.7 Å². The molecule has 0 atom stereocenters. The van der Waals surface area contributed by atoms with Gasteiger partial charge in [0, 0.05) is 25.9 Å². The molecule has 1 aromatic carbocycles. The highest BCUT2D eigenvalue weighted by Crippen LogP contribution is 2.29. The van der Waals surface area contributed by atoms with Crippen molar-refractivity contribution >= 4 is 11.8 Å². The highest BCUT2D eigenvalue weighted by molar-refractivity contribution is 6.24. The maximum absolute atomic E-state index is 12.5. The second-order valence-corrected chi connectivity index (χ2v) is 4.63. The van der Waals surface area contributed by atoms with Crippen LogP contribution in [-0.4, -0.2) is 37.4 Å². The van der Waals surface area contributed by atoms with Crippen molar-refractivity contribution in [3.8, 4) is 0 Å². The molecule has 1 aromatic rings. The van der Waals surface area contributed by atoms with Crippen LogP contribution in [0, 0.1) is 0 Å². The third-order valence-electron chi connectivity index (χ3n) is 2.60. The quantitative estimate of drug-likeness (QED) is 0.276. The third-order valence-corrected chi connectivity index (χ3v) is 2.60. The fourth-order valence-electron chi connectivity index (χ4n) is 1.64. The van der Waals surface area contributed by atoms with Crippen LogP contribution in [0.5, 0.6) is 0 Å². The molecule has 0 N–H and O–H groups in total. The number of ketones is 1. The monoisotopic (exact) mass is 315 g/mol. The van der Waals surface area contributed by atoms with Gasteiger partial charge in [-0.05, 0) is 19.1 Å². The fraction of sp³-hybridized carbons (Fsp3) is 0.333. The Morgan fingerprint density at radius 2 is 1.73 bits per heavy atom. The molecule has 0 heterocycles. The zero-order valence-corrected chi connectivity index (χ0v) is 12.4. The molecule has 0 aromatic heterocycles. The smallest absolute Gasteiger partial charge is 0.416 e. The highest BCUT2D eigenvalue weighted by Gasteiger charge is 2.30. The van der Waals surface area contributed by atoms with Crippen molar-refractivity contribution in [2.45, 2.75) is 13.1 Å². The van der Waals surface area contributed by atoms with E-state index in [0.717, 1.165) is 24.3 Å². The number of benzene rings is 1. The summed E-state index contributed by atoms with van der Waals surface area (Å²) in [5.74, 6) is -1.51. The number of ether oxygens (including phenoxy) is 1. The third kappa shape index (κ3) is 4.61. The van der Waals surface area contributed by atoms with Gasteiger partial charge in [-0.2, -0.15) is 13.2 Å². The van der Waals surface area contributed by atoms with Crippen molar-refractivity contribution < 1.29 is 27.5 Å². The molecular weight excluding hydrogens is 299 g/mol. The molecule has 0 unspecified atom stereocenters. The normalized spacial score (nSPS) is 12.0. The van der Waals surface area contributed by atoms with Crippen LogP contribution >= 0.6 is 0 Å². The van der Waals surface area contributed by atoms with Gasteiger partial charge < -0.3 is 9.64 Å². The van der Waals surface area contributed by atoms with Gasteiger partial charge >= 0.3 is 12.1 Å². The van der Waals surface area contributed by atoms with E-state index in [1.165, 1.54) is 11.1 Å². The van der Waals surface area contributed by atoms with Gasteiger partial charge in [0.2, 0.25) is 5.78 Å². The summed E-state index contributed by atoms with van der Waals surface area (Å²) in [7, 11) is 3.22. The molecule has 0 saturated carbocycles. The maximum Gasteiger partial charge on any atom is 0.416 e. The van der Waals surface area contributed by atoms with E-state index < -0.39 is 23.5 Å². The van der Waals surface area contributed by atoms with E-state index in [2.05, 4.69) is 0 Å². The average molecular weight is 315 g/mol. The Morgan fingerprint density at radius 1 is 1.18 bits per heavy atom. The van der Waals surface area contributed by atoms with Crippen molar-refractivity contribution in [2.24, 2.45) is 0 Å². The number of carbonyl (C=O) groups is 2. The SMILES string of the molecule is CCOC(=O)C(=CN(C)C)C(=O)c1ccc(C(F)(F)F)cc1. The van der Waals surface area contributed by atoms with Crippen molar-refractivity contribution in [1.29, 1.82) is 0 Å². The van der Waals surface area contributed by atoms with E-state index >= 15 is 0 Å². The molecule has 120 valence electrons. The molecule has 22 heavy (non-hydrogen) atoms. The van der Waals surface area contributed by atoms with Gasteiger partial charge in [-0.3, -0.25) is 4.79 Å². The van der Waals surface area contributed by atoms with E-state index in [0.29, 0.717) is 0 Å². The van der Waals surface area contributed by atoms with Crippen LogP contribution in [0.3, 0.4) is 0 Å². The lowest BCUT2D eigenvalue weighted by Crippen LogP contribution is -2.19. The Bertz CT molecular complexity index is 575. The van der Waals surface area contributed by atoms with Crippen LogP contribution in [0.25, 0.3) is 0 Å². The zero-order valence-electron chi connectivity index (χ0n) is 12.4. The molecule has 0 bridgehead atoms. The molecule has 7 heteroatoms. The topological polar surface area (TPSA) is 46.6 Å². The van der Waals surface area contributed by atoms with Gasteiger partial charge in [0.1, 0.15) is 5.57 Å². The van der Waals surface area contributed by atoms with Crippen LogP contribution in [0.4, 0.5) is 13.2 Å². The standard InChI is InChI=1S/C15H16F3NO3/c1-4-22-14(21)12(9-19(2)3)13(20)10-5-7-11(8-6-10)15(16,17)18/h5-9H,4H2,1-3H3. The van der Waals surface area contributed by atoms with Gasteiger partial charge in [-0.1, -0.05) is 12.1 Å². The molecule has 0 amide bonds. The number of hydrogen-bond acceptors (Lipinski definition) is 4. The first kappa shape index (κ1) is 17.7. The van der Waals surface area contributed by atoms with Gasteiger partial charge in [0.25, 0.3) is 0 Å². The summed E-state index contributed by atoms with van der Waals surface area (Å²) in [6.07, 6.45) is -3.21. The number of alkyl halides is 3. The van der Waals surface area contributed by atoms with E-state index in [1.807, 2.05) is 0 Å². The molecule has 0 fully saturated rings. The first-order valence-electron chi connectivity index (χ1n) is 6.44. The first-order valence-corrected chi connectivity index (χ1v) is 6.44. The number of hydrogen-bond donors (Lipinski definition) is 0. The van der Waals surface area contributed by atoms with E-state index in [4.69, 9.17) is 4.74 Å². The largest absolute Gasteiger partial charge is 0.462 e. The molecule has 1 rings (SSSR count). The minimum Gasteiger partial charge on any atom is -0.462 e. The fourth-order valence-corrected chi connectivity index (χ4v) is 1.64. The summed E-state index contributed by atoms with van der Waals surface area (Å²) in [5.41, 5.74) is -1.13. The maximum atomic E-state index is 12.5. The first-order chi connectivity index (χ1) is 10.2. The Morgan fingerprint density at radius 3 is 2.14 bits per heavy atom. The molecule has 0 aliphatic heterocycles. The Labute approximate surface area is 126 Å². The van der Waals surface area contributed by atoms with Gasteiger partial charge in [0.15, 0.2) is 0 Å². The average Bonchev–Trinajstić information content (AvgIpc) is 2.43. The number of carbonyl (C=O) groups excluding carboxylic acids is 2. The van der Waals surface area contributed by atoms with Crippen molar-refractivity contribution in [3.63, 3.8) is 0 Å². The van der Waals surface area contributed by atoms with E-state index in [-0.39, 0.29) is 17.7 Å². The summed E-state index contributed by atoms with van der Waals surface area (Å²) in [5, 5.41) is 0. The lowest BCUT2D eigenvalue weighted by molar-refractivity contribution is -0.138. The predicted molar refractivity (Wildman–Crippen MR) is 74.2 cm³/mol. The second kappa shape index (κ2) is 7.11. The van der Waals surface area contributed by atoms with Crippen LogP contribution in [0.2, 0.25) is 0 Å². The van der Waals surface area contributed by atoms with Crippen LogP contribution < -0.4 is 0 Å². The number of rotatable bonds is 5. The number of nitrogens with zero attached hydrogens (tertiary/aromatic N) is 1. The number of esters is 1. The minimum absolute atomic E-state index is 0.0193. The van der Waals surface area contributed by atoms with Crippen LogP contribution in [-0.2, 0) is 15.7 Å². The molecule has 0 saturated heterocycles. The summed E-state index contributed by atoms with van der Waals surface area (Å²) >= 11 is 0. The lowest BCUT2D eigenvalue weighted by Gasteiger charge is -2.11. The molecule has 0 aliphatic rings. The van der Waals surface area contributed by atoms with Crippen LogP contribution in [0.15, 0.2) is 36.0 Å². The molecule has 0 radical (unpaired) electrons. The van der Waals surface area contributed by atoms with Crippen molar-refractivity contribution in [3.05, 3.63) is 47.2 Å². The molecular formula is C15H16F3NO3. The second-order valence-electron chi connectivity index (χ2n) is 4.63. The van der Waals surface area contributed by atoms with E-state index in [1.54, 1.807) is 21.0 Å². The molecule has 0 aliphatic carbocycles. The van der Waals surface area contributed by atoms with Gasteiger partial charge in [-0.25, -0.2) is 4.79 Å². The van der Waals surface area contributed by atoms with Gasteiger partial charge in [-0.15, -0.1) is 0 Å². The Balaban J connectivity index is 3.12. The minimum atomic E-state index is -4.48. The Hall–Kier alpha value is -2.31. The lowest BCUT2D eigenvalue weighted by atomic mass is 10.0. The van der Waals surface area contributed by atoms with Gasteiger partial charge in [0.05, 0.1) is 12.2 Å². The van der Waals surface area contributed by atoms with Crippen molar-refractivity contribution in [1.82, 2.24) is 4.90 Å². The number of halogens is 3. The summed E-state index contributed by atoms with van der Waals surface area (Å²) < 4.78 is 42.3. The molecule has 4 nitrogen and oxygen atoms in total. The van der Waals surface area contributed by atoms with Crippen LogP contribution in [0.1, 0.15) is 22.8 Å². The zero-order chi connectivity index (χ0) is 16.9. The Kier molecular flexibility index (Phi) is 5.73. The predicted octanol–water partition coefficient (Wildman–Crippen LogP) is 2.90. The molecule has 0 spiro atoms. The van der Waals surface area contributed by atoms with E-state index in [9.17, 15) is 22.8 Å². The highest BCUT2D eigenvalue weighted by atomic mass is 19.4.